The van der Waals surface area contributed by atoms with Gasteiger partial charge in [-0.2, -0.15) is 0 Å². The zero-order valence-electron chi connectivity index (χ0n) is 40.1. The Kier molecular flexibility index (Phi) is 9.75. The second-order valence-corrected chi connectivity index (χ2v) is 18.9. The molecule has 0 atom stereocenters. The molecule has 72 heavy (non-hydrogen) atoms. The second-order valence-electron chi connectivity index (χ2n) is 18.9. The van der Waals surface area contributed by atoms with Crippen molar-refractivity contribution in [1.29, 1.82) is 0 Å². The monoisotopic (exact) mass is 924 g/mol. The first kappa shape index (κ1) is 41.8. The van der Waals surface area contributed by atoms with E-state index in [-0.39, 0.29) is 0 Å². The number of furan rings is 2. The van der Waals surface area contributed by atoms with E-state index < -0.39 is 0 Å². The van der Waals surface area contributed by atoms with Crippen LogP contribution in [0.1, 0.15) is 25.0 Å². The van der Waals surface area contributed by atoms with Crippen molar-refractivity contribution in [3.8, 4) is 22.3 Å². The molecule has 0 saturated carbocycles. The SMILES string of the molecule is CCc1cccc2c1oc1c(N(c3cccc(-c4ccccc4)c3)c3ccc4ccc5c(N(c6cccc(-c7ccccc7)c6)c6cccc7c6oc6c(CC)cccc67)ccc6ccc3c4c65)cccc12. The molecule has 0 unspecified atom stereocenters. The molecule has 14 rings (SSSR count). The van der Waals surface area contributed by atoms with Crippen LogP contribution in [-0.2, 0) is 12.8 Å². The molecule has 4 heteroatoms. The van der Waals surface area contributed by atoms with Gasteiger partial charge in [-0.25, -0.2) is 0 Å². The zero-order valence-corrected chi connectivity index (χ0v) is 40.1. The van der Waals surface area contributed by atoms with Crippen LogP contribution in [0, 0.1) is 0 Å². The maximum absolute atomic E-state index is 7.04. The third kappa shape index (κ3) is 6.53. The van der Waals surface area contributed by atoms with Crippen molar-refractivity contribution in [1.82, 2.24) is 0 Å². The van der Waals surface area contributed by atoms with Crippen molar-refractivity contribution in [2.24, 2.45) is 0 Å². The van der Waals surface area contributed by atoms with Crippen molar-refractivity contribution in [3.63, 3.8) is 0 Å². The van der Waals surface area contributed by atoms with Gasteiger partial charge >= 0.3 is 0 Å². The molecule has 0 aliphatic heterocycles. The van der Waals surface area contributed by atoms with Crippen molar-refractivity contribution >= 4 is 110 Å². The lowest BCUT2D eigenvalue weighted by Gasteiger charge is -2.29. The van der Waals surface area contributed by atoms with E-state index in [2.05, 4.69) is 254 Å². The molecule has 12 aromatic carbocycles. The summed E-state index contributed by atoms with van der Waals surface area (Å²) in [5.74, 6) is 0. The number of hydrogen-bond acceptors (Lipinski definition) is 4. The molecule has 0 amide bonds. The third-order valence-electron chi connectivity index (χ3n) is 14.9. The number of nitrogens with zero attached hydrogens (tertiary/aromatic N) is 2. The quantitative estimate of drug-likeness (QED) is 0.128. The zero-order chi connectivity index (χ0) is 47.9. The van der Waals surface area contributed by atoms with Gasteiger partial charge in [-0.3, -0.25) is 0 Å². The highest BCUT2D eigenvalue weighted by molar-refractivity contribution is 6.29. The molecule has 4 nitrogen and oxygen atoms in total. The molecule has 0 bridgehead atoms. The fourth-order valence-corrected chi connectivity index (χ4v) is 11.5. The summed E-state index contributed by atoms with van der Waals surface area (Å²) in [7, 11) is 0. The maximum Gasteiger partial charge on any atom is 0.159 e. The van der Waals surface area contributed by atoms with Crippen LogP contribution in [0.15, 0.2) is 239 Å². The molecule has 0 fully saturated rings. The van der Waals surface area contributed by atoms with E-state index in [0.717, 1.165) is 113 Å². The topological polar surface area (TPSA) is 32.8 Å². The number of para-hydroxylation sites is 4. The second kappa shape index (κ2) is 16.8. The summed E-state index contributed by atoms with van der Waals surface area (Å²) in [6.07, 6.45) is 1.77. The predicted octanol–water partition coefficient (Wildman–Crippen LogP) is 19.8. The lowest BCUT2D eigenvalue weighted by molar-refractivity contribution is 0.663. The first-order valence-electron chi connectivity index (χ1n) is 25.1. The van der Waals surface area contributed by atoms with E-state index in [1.54, 1.807) is 0 Å². The van der Waals surface area contributed by atoms with Crippen molar-refractivity contribution in [2.75, 3.05) is 9.80 Å². The van der Waals surface area contributed by atoms with Crippen LogP contribution in [0.3, 0.4) is 0 Å². The largest absolute Gasteiger partial charge is 0.454 e. The Morgan fingerprint density at radius 3 is 1.10 bits per heavy atom. The average Bonchev–Trinajstić information content (AvgIpc) is 4.04. The fraction of sp³-hybridized carbons (Fsp3) is 0.0588. The minimum absolute atomic E-state index is 0.866. The van der Waals surface area contributed by atoms with Gasteiger partial charge in [0.15, 0.2) is 11.2 Å². The Bertz CT molecular complexity index is 4090. The highest BCUT2D eigenvalue weighted by Crippen LogP contribution is 2.51. The Labute approximate surface area is 417 Å². The minimum Gasteiger partial charge on any atom is -0.454 e. The molecule has 342 valence electrons. The standard InChI is InChI=1S/C68H48N2O2/c1-3-43-21-13-27-53-55-29-15-31-61(67(55)71-65(43)53)69(51-25-11-23-49(41-51)45-17-7-5-8-18-45)59-39-35-47-34-38-58-60(40-36-48-33-37-57(59)63(47)64(48)58)70(52-26-12-24-50(42-52)46-19-9-6-10-20-46)62-32-16-30-56-54-28-14-22-44(4-2)66(54)72-68(56)62/h5-42H,3-4H2,1-2H3. The van der Waals surface area contributed by atoms with Crippen LogP contribution in [0.5, 0.6) is 0 Å². The predicted molar refractivity (Wildman–Crippen MR) is 304 cm³/mol. The molecule has 0 radical (unpaired) electrons. The summed E-state index contributed by atoms with van der Waals surface area (Å²) < 4.78 is 14.1. The molecule has 0 aliphatic carbocycles. The highest BCUT2D eigenvalue weighted by atomic mass is 16.3. The van der Waals surface area contributed by atoms with E-state index in [9.17, 15) is 0 Å². The summed E-state index contributed by atoms with van der Waals surface area (Å²) in [5.41, 5.74) is 16.9. The van der Waals surface area contributed by atoms with Gasteiger partial charge in [0.05, 0.1) is 22.7 Å². The van der Waals surface area contributed by atoms with Crippen LogP contribution >= 0.6 is 0 Å². The van der Waals surface area contributed by atoms with Gasteiger partial charge in [0.2, 0.25) is 0 Å². The molecule has 0 saturated heterocycles. The number of rotatable bonds is 10. The van der Waals surface area contributed by atoms with Gasteiger partial charge in [-0.1, -0.05) is 196 Å². The van der Waals surface area contributed by atoms with E-state index in [1.165, 1.54) is 43.8 Å². The van der Waals surface area contributed by atoms with Crippen LogP contribution in [-0.4, -0.2) is 0 Å². The van der Waals surface area contributed by atoms with Gasteiger partial charge in [-0.15, -0.1) is 0 Å². The Hall–Kier alpha value is -9.12. The van der Waals surface area contributed by atoms with E-state index in [0.29, 0.717) is 0 Å². The normalized spacial score (nSPS) is 11.9. The molecular weight excluding hydrogens is 877 g/mol. The van der Waals surface area contributed by atoms with E-state index in [4.69, 9.17) is 8.83 Å². The smallest absolute Gasteiger partial charge is 0.159 e. The molecule has 2 heterocycles. The molecule has 2 aromatic heterocycles. The summed E-state index contributed by atoms with van der Waals surface area (Å²) >= 11 is 0. The van der Waals surface area contributed by atoms with Crippen LogP contribution < -0.4 is 9.80 Å². The number of hydrogen-bond donors (Lipinski definition) is 0. The van der Waals surface area contributed by atoms with Crippen molar-refractivity contribution in [2.45, 2.75) is 26.7 Å². The maximum atomic E-state index is 7.04. The third-order valence-corrected chi connectivity index (χ3v) is 14.9. The lowest BCUT2D eigenvalue weighted by Crippen LogP contribution is -2.12. The Morgan fingerprint density at radius 1 is 0.292 bits per heavy atom. The van der Waals surface area contributed by atoms with E-state index in [1.807, 2.05) is 0 Å². The number of fused-ring (bicyclic) bond motifs is 6. The molecular formula is C68H48N2O2. The Balaban J connectivity index is 1.03. The van der Waals surface area contributed by atoms with Gasteiger partial charge in [-0.05, 0) is 116 Å². The van der Waals surface area contributed by atoms with Gasteiger partial charge < -0.3 is 18.6 Å². The molecule has 14 aromatic rings. The fourth-order valence-electron chi connectivity index (χ4n) is 11.5. The van der Waals surface area contributed by atoms with Crippen molar-refractivity contribution in [3.05, 3.63) is 242 Å². The first-order chi connectivity index (χ1) is 35.6. The van der Waals surface area contributed by atoms with Crippen molar-refractivity contribution < 1.29 is 8.83 Å². The van der Waals surface area contributed by atoms with Crippen LogP contribution in [0.25, 0.3) is 98.4 Å². The minimum atomic E-state index is 0.866. The van der Waals surface area contributed by atoms with Gasteiger partial charge in [0, 0.05) is 43.7 Å². The number of benzene rings is 12. The average molecular weight is 925 g/mol. The summed E-state index contributed by atoms with van der Waals surface area (Å²) in [6, 6.07) is 83.8. The summed E-state index contributed by atoms with van der Waals surface area (Å²) in [5, 5.41) is 11.6. The summed E-state index contributed by atoms with van der Waals surface area (Å²) in [6.45, 7) is 4.39. The highest BCUT2D eigenvalue weighted by Gasteiger charge is 2.26. The number of anilines is 6. The summed E-state index contributed by atoms with van der Waals surface area (Å²) in [4.78, 5) is 4.84. The van der Waals surface area contributed by atoms with Gasteiger partial charge in [0.25, 0.3) is 0 Å². The lowest BCUT2D eigenvalue weighted by atomic mass is 9.91. The Morgan fingerprint density at radius 2 is 0.667 bits per heavy atom. The van der Waals surface area contributed by atoms with Crippen LogP contribution in [0.2, 0.25) is 0 Å². The molecule has 0 aliphatic rings. The van der Waals surface area contributed by atoms with Gasteiger partial charge in [0.1, 0.15) is 11.2 Å². The molecule has 0 spiro atoms. The van der Waals surface area contributed by atoms with E-state index >= 15 is 0 Å². The molecule has 0 N–H and O–H groups in total. The number of aryl methyl sites for hydroxylation is 2. The first-order valence-corrected chi connectivity index (χ1v) is 25.1. The van der Waals surface area contributed by atoms with Crippen LogP contribution in [0.4, 0.5) is 34.1 Å².